The molecule has 0 saturated carbocycles. The molecule has 8 nitrogen and oxygen atoms in total. The molecule has 0 radical (unpaired) electrons. The van der Waals surface area contributed by atoms with Crippen LogP contribution in [0.25, 0.3) is 10.3 Å². The van der Waals surface area contributed by atoms with Gasteiger partial charge in [0.2, 0.25) is 0 Å². The van der Waals surface area contributed by atoms with Crippen LogP contribution in [0.5, 0.6) is 0 Å². The predicted octanol–water partition coefficient (Wildman–Crippen LogP) is 2.66. The number of aromatic nitrogens is 2. The average molecular weight is 350 g/mol. The number of nitrogens with zero attached hydrogens (tertiary/aromatic N) is 3. The zero-order valence-corrected chi connectivity index (χ0v) is 12.4. The lowest BCUT2D eigenvalue weighted by atomic mass is 10.5. The third-order valence-corrected chi connectivity index (χ3v) is 4.26. The molecule has 1 amide bonds. The number of nitrogens with one attached hydrogen (secondary N) is 1. The Hall–Kier alpha value is -1.36. The number of ether oxygens (including phenoxy) is 1. The van der Waals surface area contributed by atoms with Crippen LogP contribution >= 0.6 is 27.3 Å². The molecule has 10 heteroatoms. The molecule has 2 rings (SSSR count). The number of hydrogen-bond donors (Lipinski definition) is 2. The summed E-state index contributed by atoms with van der Waals surface area (Å²) < 4.78 is 6.77. The zero-order valence-electron chi connectivity index (χ0n) is 10.0. The Kier molecular flexibility index (Phi) is 3.94. The average Bonchev–Trinajstić information content (AvgIpc) is 2.79. The molecule has 2 heterocycles. The van der Waals surface area contributed by atoms with E-state index in [0.717, 1.165) is 11.3 Å². The van der Waals surface area contributed by atoms with E-state index in [2.05, 4.69) is 26.2 Å². The smallest absolute Gasteiger partial charge is 0.413 e. The molecule has 2 aromatic rings. The van der Waals surface area contributed by atoms with Gasteiger partial charge in [-0.15, -0.1) is 0 Å². The third kappa shape index (κ3) is 2.52. The molecule has 0 aliphatic rings. The van der Waals surface area contributed by atoms with Gasteiger partial charge in [-0.25, -0.2) is 9.78 Å². The maximum Gasteiger partial charge on any atom is 0.413 e. The fourth-order valence-electron chi connectivity index (χ4n) is 1.52. The Morgan fingerprint density at radius 1 is 1.74 bits per heavy atom. The topological polar surface area (TPSA) is 103 Å². The van der Waals surface area contributed by atoms with E-state index in [0.29, 0.717) is 15.0 Å². The van der Waals surface area contributed by atoms with Crippen LogP contribution < -0.4 is 10.5 Å². The number of hydrogen-bond acceptors (Lipinski definition) is 7. The largest absolute Gasteiger partial charge is 0.733 e. The summed E-state index contributed by atoms with van der Waals surface area (Å²) in [7, 11) is 1.70. The van der Waals surface area contributed by atoms with Crippen LogP contribution in [-0.2, 0) is 11.8 Å². The molecule has 19 heavy (non-hydrogen) atoms. The minimum Gasteiger partial charge on any atom is -0.733 e. The van der Waals surface area contributed by atoms with Gasteiger partial charge in [0, 0.05) is 7.05 Å². The standard InChI is InChI=1S/C9H10BrN4O4S/c1-3-18-9(15)12-8-11-4-5(14(16)17)6(10)13(2)7(4)19-8/h16H,3H2,1-2H3,(H,11,12,15)/q-1. The van der Waals surface area contributed by atoms with E-state index >= 15 is 0 Å². The van der Waals surface area contributed by atoms with E-state index in [1.807, 2.05) is 0 Å². The normalized spacial score (nSPS) is 10.8. The number of thiazole rings is 1. The first-order valence-electron chi connectivity index (χ1n) is 5.20. The summed E-state index contributed by atoms with van der Waals surface area (Å²) in [6.07, 6.45) is -0.620. The Labute approximate surface area is 120 Å². The van der Waals surface area contributed by atoms with Gasteiger partial charge < -0.3 is 19.7 Å². The summed E-state index contributed by atoms with van der Waals surface area (Å²) in [6, 6.07) is 0. The lowest BCUT2D eigenvalue weighted by molar-refractivity contribution is 0.168. The van der Waals surface area contributed by atoms with Crippen molar-refractivity contribution in [3.8, 4) is 0 Å². The van der Waals surface area contributed by atoms with Crippen molar-refractivity contribution in [2.45, 2.75) is 6.92 Å². The lowest BCUT2D eigenvalue weighted by Crippen LogP contribution is -2.13. The minimum absolute atomic E-state index is 0.00865. The maximum atomic E-state index is 11.3. The van der Waals surface area contributed by atoms with Crippen molar-refractivity contribution in [1.82, 2.24) is 9.55 Å². The van der Waals surface area contributed by atoms with Crippen molar-refractivity contribution in [2.24, 2.45) is 7.05 Å². The Bertz CT molecular complexity index is 623. The molecule has 0 atom stereocenters. The molecule has 0 spiro atoms. The summed E-state index contributed by atoms with van der Waals surface area (Å²) in [5.41, 5.74) is 0.286. The van der Waals surface area contributed by atoms with Gasteiger partial charge in [-0.1, -0.05) is 11.3 Å². The van der Waals surface area contributed by atoms with Gasteiger partial charge in [-0.2, -0.15) is 0 Å². The van der Waals surface area contributed by atoms with Gasteiger partial charge in [0.1, 0.15) is 20.6 Å². The highest BCUT2D eigenvalue weighted by Gasteiger charge is 2.19. The summed E-state index contributed by atoms with van der Waals surface area (Å²) in [5.74, 6) is 0. The van der Waals surface area contributed by atoms with E-state index in [1.54, 1.807) is 18.5 Å². The van der Waals surface area contributed by atoms with Crippen molar-refractivity contribution >= 4 is 54.5 Å². The molecule has 0 bridgehead atoms. The highest BCUT2D eigenvalue weighted by Crippen LogP contribution is 2.39. The monoisotopic (exact) mass is 349 g/mol. The van der Waals surface area contributed by atoms with Crippen LogP contribution in [0, 0.1) is 5.21 Å². The third-order valence-electron chi connectivity index (χ3n) is 2.30. The van der Waals surface area contributed by atoms with Gasteiger partial charge >= 0.3 is 6.09 Å². The Balaban J connectivity index is 2.41. The van der Waals surface area contributed by atoms with Gasteiger partial charge in [0.15, 0.2) is 5.13 Å². The van der Waals surface area contributed by atoms with Crippen molar-refractivity contribution in [1.29, 1.82) is 0 Å². The summed E-state index contributed by atoms with van der Waals surface area (Å²) >= 11 is 4.35. The Morgan fingerprint density at radius 2 is 2.42 bits per heavy atom. The molecule has 0 aliphatic heterocycles. The number of amides is 1. The highest BCUT2D eigenvalue weighted by atomic mass is 79.9. The van der Waals surface area contributed by atoms with E-state index in [4.69, 9.17) is 9.94 Å². The van der Waals surface area contributed by atoms with Gasteiger partial charge in [0.25, 0.3) is 0 Å². The second-order valence-electron chi connectivity index (χ2n) is 3.49. The summed E-state index contributed by atoms with van der Waals surface area (Å²) in [6.45, 7) is 1.94. The van der Waals surface area contributed by atoms with Crippen LogP contribution in [-0.4, -0.2) is 27.5 Å². The van der Waals surface area contributed by atoms with E-state index in [1.165, 1.54) is 0 Å². The van der Waals surface area contributed by atoms with Crippen LogP contribution in [0.2, 0.25) is 0 Å². The number of aryl methyl sites for hydroxylation is 1. The predicted molar refractivity (Wildman–Crippen MR) is 74.6 cm³/mol. The molecule has 104 valence electrons. The van der Waals surface area contributed by atoms with Gasteiger partial charge in [-0.05, 0) is 22.9 Å². The van der Waals surface area contributed by atoms with E-state index < -0.39 is 6.09 Å². The summed E-state index contributed by atoms with van der Waals surface area (Å²) in [5, 5.41) is 22.7. The number of halogens is 1. The minimum atomic E-state index is -0.620. The fourth-order valence-corrected chi connectivity index (χ4v) is 3.07. The molecular formula is C9H10BrN4O4S-. The number of fused-ring (bicyclic) bond motifs is 1. The molecule has 0 fully saturated rings. The quantitative estimate of drug-likeness (QED) is 0.825. The number of carbonyl (C=O) groups is 1. The number of rotatable bonds is 3. The van der Waals surface area contributed by atoms with Crippen molar-refractivity contribution in [2.75, 3.05) is 17.2 Å². The van der Waals surface area contributed by atoms with Crippen molar-refractivity contribution in [3.63, 3.8) is 0 Å². The Morgan fingerprint density at radius 3 is 3.00 bits per heavy atom. The molecule has 0 saturated heterocycles. The second-order valence-corrected chi connectivity index (χ2v) is 5.22. The van der Waals surface area contributed by atoms with Crippen LogP contribution in [0.4, 0.5) is 15.6 Å². The first kappa shape index (κ1) is 14.1. The number of carbonyl (C=O) groups excluding carboxylic acids is 1. The maximum absolute atomic E-state index is 11.3. The van der Waals surface area contributed by atoms with E-state index in [9.17, 15) is 10.0 Å². The fraction of sp³-hybridized carbons (Fsp3) is 0.333. The van der Waals surface area contributed by atoms with Crippen LogP contribution in [0.1, 0.15) is 6.92 Å². The number of anilines is 2. The lowest BCUT2D eigenvalue weighted by Gasteiger charge is -2.20. The first-order chi connectivity index (χ1) is 8.95. The van der Waals surface area contributed by atoms with Crippen molar-refractivity contribution < 1.29 is 14.7 Å². The molecular weight excluding hydrogens is 340 g/mol. The van der Waals surface area contributed by atoms with Gasteiger partial charge in [0.05, 0.1) is 6.61 Å². The zero-order chi connectivity index (χ0) is 14.2. The van der Waals surface area contributed by atoms with Crippen LogP contribution in [0.15, 0.2) is 4.60 Å². The molecule has 2 aromatic heterocycles. The van der Waals surface area contributed by atoms with Gasteiger partial charge in [-0.3, -0.25) is 10.5 Å². The molecule has 0 aliphatic carbocycles. The second kappa shape index (κ2) is 5.33. The SMILES string of the molecule is CCOC(=O)Nc1nc2c(N([O-])O)c(Br)n(C)c2s1. The molecule has 0 unspecified atom stereocenters. The van der Waals surface area contributed by atoms with E-state index in [-0.39, 0.29) is 22.7 Å². The summed E-state index contributed by atoms with van der Waals surface area (Å²) in [4.78, 5) is 16.0. The molecule has 0 aromatic carbocycles. The highest BCUT2D eigenvalue weighted by molar-refractivity contribution is 9.10. The van der Waals surface area contributed by atoms with Crippen molar-refractivity contribution in [3.05, 3.63) is 9.81 Å². The first-order valence-corrected chi connectivity index (χ1v) is 6.81. The van der Waals surface area contributed by atoms with Crippen LogP contribution in [0.3, 0.4) is 0 Å². The molecule has 2 N–H and O–H groups in total.